The molecule has 0 N–H and O–H groups in total. The molecular formula is C12H19N5. The van der Waals surface area contributed by atoms with Gasteiger partial charge in [0.05, 0.1) is 5.69 Å². The lowest BCUT2D eigenvalue weighted by atomic mass is 9.95. The Balaban J connectivity index is 2.31. The van der Waals surface area contributed by atoms with Crippen LogP contribution in [0.4, 0.5) is 0 Å². The molecule has 0 amide bonds. The lowest BCUT2D eigenvalue weighted by molar-refractivity contribution is 0.504. The molecule has 1 aromatic rings. The lowest BCUT2D eigenvalue weighted by Crippen LogP contribution is -2.09. The van der Waals surface area contributed by atoms with Gasteiger partial charge >= 0.3 is 0 Å². The van der Waals surface area contributed by atoms with Crippen molar-refractivity contribution in [3.8, 4) is 0 Å². The maximum Gasteiger partial charge on any atom is 0.0659 e. The van der Waals surface area contributed by atoms with Crippen LogP contribution in [0.25, 0.3) is 10.4 Å². The van der Waals surface area contributed by atoms with E-state index in [4.69, 9.17) is 10.6 Å². The summed E-state index contributed by atoms with van der Waals surface area (Å²) in [5.41, 5.74) is 12.3. The summed E-state index contributed by atoms with van der Waals surface area (Å²) in [6.07, 6.45) is 5.55. The zero-order chi connectivity index (χ0) is 12.3. The number of rotatable bonds is 4. The van der Waals surface area contributed by atoms with Crippen molar-refractivity contribution in [2.75, 3.05) is 6.54 Å². The molecule has 0 saturated carbocycles. The number of nitrogens with zero attached hydrogens (tertiary/aromatic N) is 5. The Morgan fingerprint density at radius 3 is 2.88 bits per heavy atom. The fourth-order valence-electron chi connectivity index (χ4n) is 2.53. The smallest absolute Gasteiger partial charge is 0.0659 e. The second kappa shape index (κ2) is 5.23. The lowest BCUT2D eigenvalue weighted by Gasteiger charge is -2.13. The van der Waals surface area contributed by atoms with Crippen LogP contribution < -0.4 is 0 Å². The molecule has 0 unspecified atom stereocenters. The van der Waals surface area contributed by atoms with Gasteiger partial charge in [-0.25, -0.2) is 0 Å². The molecule has 2 rings (SSSR count). The molecule has 0 saturated heterocycles. The molecule has 1 aliphatic rings. The fourth-order valence-corrected chi connectivity index (χ4v) is 2.53. The molecular weight excluding hydrogens is 214 g/mol. The fraction of sp³-hybridized carbons (Fsp3) is 0.750. The summed E-state index contributed by atoms with van der Waals surface area (Å²) >= 11 is 0. The van der Waals surface area contributed by atoms with Crippen molar-refractivity contribution in [3.63, 3.8) is 0 Å². The Bertz CT molecular complexity index is 440. The van der Waals surface area contributed by atoms with Gasteiger partial charge in [0, 0.05) is 23.2 Å². The van der Waals surface area contributed by atoms with Gasteiger partial charge in [-0.3, -0.25) is 4.68 Å². The second-order valence-corrected chi connectivity index (χ2v) is 4.82. The zero-order valence-electron chi connectivity index (χ0n) is 10.6. The highest BCUT2D eigenvalue weighted by Gasteiger charge is 2.20. The maximum atomic E-state index is 8.35. The van der Waals surface area contributed by atoms with E-state index in [0.717, 1.165) is 19.3 Å². The van der Waals surface area contributed by atoms with E-state index in [2.05, 4.69) is 28.6 Å². The molecule has 0 aromatic carbocycles. The average molecular weight is 233 g/mol. The first-order valence-electron chi connectivity index (χ1n) is 6.34. The maximum absolute atomic E-state index is 8.35. The van der Waals surface area contributed by atoms with Crippen molar-refractivity contribution in [2.45, 2.75) is 52.0 Å². The molecule has 1 aliphatic carbocycles. The van der Waals surface area contributed by atoms with Gasteiger partial charge in [-0.15, -0.1) is 0 Å². The van der Waals surface area contributed by atoms with E-state index in [9.17, 15) is 0 Å². The first kappa shape index (κ1) is 12.0. The number of hydrogen-bond donors (Lipinski definition) is 0. The van der Waals surface area contributed by atoms with Crippen LogP contribution in [-0.2, 0) is 19.3 Å². The van der Waals surface area contributed by atoms with Gasteiger partial charge in [0.1, 0.15) is 0 Å². The Morgan fingerprint density at radius 2 is 2.18 bits per heavy atom. The van der Waals surface area contributed by atoms with Gasteiger partial charge in [0.15, 0.2) is 0 Å². The van der Waals surface area contributed by atoms with Crippen LogP contribution in [0.5, 0.6) is 0 Å². The second-order valence-electron chi connectivity index (χ2n) is 4.82. The highest BCUT2D eigenvalue weighted by atomic mass is 15.3. The molecule has 0 atom stereocenters. The molecule has 92 valence electrons. The van der Waals surface area contributed by atoms with Gasteiger partial charge in [0.25, 0.3) is 0 Å². The van der Waals surface area contributed by atoms with Crippen LogP contribution in [0.1, 0.15) is 49.7 Å². The van der Waals surface area contributed by atoms with Gasteiger partial charge in [-0.1, -0.05) is 5.11 Å². The van der Waals surface area contributed by atoms with Crippen molar-refractivity contribution < 1.29 is 0 Å². The van der Waals surface area contributed by atoms with Gasteiger partial charge in [-0.2, -0.15) is 5.10 Å². The van der Waals surface area contributed by atoms with Gasteiger partial charge < -0.3 is 0 Å². The summed E-state index contributed by atoms with van der Waals surface area (Å²) in [4.78, 5) is 2.82. The predicted octanol–water partition coefficient (Wildman–Crippen LogP) is 3.20. The van der Waals surface area contributed by atoms with E-state index in [0.29, 0.717) is 12.6 Å². The average Bonchev–Trinajstić information content (AvgIpc) is 2.69. The van der Waals surface area contributed by atoms with Gasteiger partial charge in [0.2, 0.25) is 0 Å². The monoisotopic (exact) mass is 233 g/mol. The summed E-state index contributed by atoms with van der Waals surface area (Å²) in [6.45, 7) is 4.83. The molecule has 1 aromatic heterocycles. The Kier molecular flexibility index (Phi) is 3.69. The van der Waals surface area contributed by atoms with Crippen LogP contribution in [0.2, 0.25) is 0 Å². The predicted molar refractivity (Wildman–Crippen MR) is 67.0 cm³/mol. The number of hydrogen-bond acceptors (Lipinski definition) is 2. The molecule has 5 nitrogen and oxygen atoms in total. The number of fused-ring (bicyclic) bond motifs is 1. The Morgan fingerprint density at radius 1 is 1.41 bits per heavy atom. The Hall–Kier alpha value is -1.48. The first-order valence-corrected chi connectivity index (χ1v) is 6.34. The van der Waals surface area contributed by atoms with E-state index in [1.807, 2.05) is 0 Å². The van der Waals surface area contributed by atoms with Crippen molar-refractivity contribution in [2.24, 2.45) is 5.11 Å². The third-order valence-electron chi connectivity index (χ3n) is 3.29. The van der Waals surface area contributed by atoms with Crippen LogP contribution in [0.15, 0.2) is 5.11 Å². The highest BCUT2D eigenvalue weighted by molar-refractivity contribution is 5.29. The van der Waals surface area contributed by atoms with E-state index < -0.39 is 0 Å². The zero-order valence-corrected chi connectivity index (χ0v) is 10.6. The molecule has 0 radical (unpaired) electrons. The van der Waals surface area contributed by atoms with Crippen molar-refractivity contribution in [1.29, 1.82) is 0 Å². The molecule has 0 spiro atoms. The highest BCUT2D eigenvalue weighted by Crippen LogP contribution is 2.26. The summed E-state index contributed by atoms with van der Waals surface area (Å²) in [6, 6.07) is 0.377. The third-order valence-corrected chi connectivity index (χ3v) is 3.29. The van der Waals surface area contributed by atoms with E-state index in [-0.39, 0.29) is 0 Å². The van der Waals surface area contributed by atoms with E-state index in [1.54, 1.807) is 0 Å². The standard InChI is InChI=1S/C12H19N5/c1-9(2)17-12(7-8-14-16-13)10-5-3-4-6-11(10)15-17/h9H,3-8H2,1-2H3. The first-order chi connectivity index (χ1) is 8.24. The summed E-state index contributed by atoms with van der Waals surface area (Å²) in [5, 5.41) is 8.35. The molecule has 5 heteroatoms. The largest absolute Gasteiger partial charge is 0.267 e. The quantitative estimate of drug-likeness (QED) is 0.447. The minimum atomic E-state index is 0.377. The van der Waals surface area contributed by atoms with Crippen molar-refractivity contribution >= 4 is 0 Å². The third kappa shape index (κ3) is 2.44. The molecule has 0 bridgehead atoms. The van der Waals surface area contributed by atoms with Crippen LogP contribution in [-0.4, -0.2) is 16.3 Å². The van der Waals surface area contributed by atoms with Crippen molar-refractivity contribution in [1.82, 2.24) is 9.78 Å². The number of aromatic nitrogens is 2. The van der Waals surface area contributed by atoms with Crippen LogP contribution in [0.3, 0.4) is 0 Å². The SMILES string of the molecule is CC(C)n1nc2c(c1CCN=[N+]=[N-])CCCC2. The van der Waals surface area contributed by atoms with Crippen LogP contribution >= 0.6 is 0 Å². The molecule has 0 fully saturated rings. The summed E-state index contributed by atoms with van der Waals surface area (Å²) in [7, 11) is 0. The summed E-state index contributed by atoms with van der Waals surface area (Å²) in [5.74, 6) is 0. The van der Waals surface area contributed by atoms with Gasteiger partial charge in [-0.05, 0) is 57.0 Å². The normalized spacial score (nSPS) is 14.5. The Labute approximate surface area is 101 Å². The van der Waals surface area contributed by atoms with E-state index in [1.165, 1.54) is 29.8 Å². The molecule has 1 heterocycles. The number of aryl methyl sites for hydroxylation is 1. The minimum absolute atomic E-state index is 0.377. The van der Waals surface area contributed by atoms with Crippen molar-refractivity contribution in [3.05, 3.63) is 27.4 Å². The van der Waals surface area contributed by atoms with Crippen LogP contribution in [0, 0.1) is 0 Å². The topological polar surface area (TPSA) is 66.6 Å². The summed E-state index contributed by atoms with van der Waals surface area (Å²) < 4.78 is 2.11. The minimum Gasteiger partial charge on any atom is -0.267 e. The number of azide groups is 1. The molecule has 0 aliphatic heterocycles. The molecule has 17 heavy (non-hydrogen) atoms. The van der Waals surface area contributed by atoms with E-state index >= 15 is 0 Å².